The number of aromatic nitrogens is 1. The molecule has 108 valence electrons. The topological polar surface area (TPSA) is 38.1 Å². The van der Waals surface area contributed by atoms with E-state index in [0.29, 0.717) is 0 Å². The second-order valence-corrected chi connectivity index (χ2v) is 6.36. The second kappa shape index (κ2) is 5.98. The lowest BCUT2D eigenvalue weighted by Gasteiger charge is -2.19. The summed E-state index contributed by atoms with van der Waals surface area (Å²) in [5.41, 5.74) is 2.04. The second-order valence-electron chi connectivity index (χ2n) is 5.98. The molecule has 0 aliphatic carbocycles. The third-order valence-electron chi connectivity index (χ3n) is 3.01. The molecule has 2 rings (SSSR count). The Balaban J connectivity index is 2.07. The first-order valence-corrected chi connectivity index (χ1v) is 7.20. The molecule has 1 aromatic heterocycles. The SMILES string of the molecule is Cc1cccc(-c2cnc(CCNC(C)(C)C)o2)c1Cl. The van der Waals surface area contributed by atoms with Crippen LogP contribution in [0.1, 0.15) is 32.2 Å². The molecule has 4 heteroatoms. The van der Waals surface area contributed by atoms with E-state index in [4.69, 9.17) is 16.0 Å². The van der Waals surface area contributed by atoms with Gasteiger partial charge in [0.1, 0.15) is 0 Å². The van der Waals surface area contributed by atoms with Gasteiger partial charge in [-0.1, -0.05) is 23.7 Å². The van der Waals surface area contributed by atoms with Crippen LogP contribution < -0.4 is 5.32 Å². The number of nitrogens with zero attached hydrogens (tertiary/aromatic N) is 1. The van der Waals surface area contributed by atoms with Crippen molar-refractivity contribution in [3.05, 3.63) is 40.9 Å². The van der Waals surface area contributed by atoms with Gasteiger partial charge in [-0.05, 0) is 39.3 Å². The van der Waals surface area contributed by atoms with Crippen LogP contribution in [0.2, 0.25) is 5.02 Å². The Bertz CT molecular complexity index is 584. The average Bonchev–Trinajstić information content (AvgIpc) is 2.79. The van der Waals surface area contributed by atoms with E-state index < -0.39 is 0 Å². The molecule has 2 aromatic rings. The molecule has 1 N–H and O–H groups in total. The predicted octanol–water partition coefficient (Wildman–Crippen LogP) is 4.23. The Labute approximate surface area is 125 Å². The first-order chi connectivity index (χ1) is 9.37. The van der Waals surface area contributed by atoms with Crippen LogP contribution in [0, 0.1) is 6.92 Å². The number of hydrogen-bond donors (Lipinski definition) is 1. The van der Waals surface area contributed by atoms with Crippen molar-refractivity contribution in [2.24, 2.45) is 0 Å². The fourth-order valence-electron chi connectivity index (χ4n) is 1.93. The molecule has 1 aromatic carbocycles. The van der Waals surface area contributed by atoms with Crippen molar-refractivity contribution >= 4 is 11.6 Å². The van der Waals surface area contributed by atoms with E-state index in [1.165, 1.54) is 0 Å². The number of nitrogens with one attached hydrogen (secondary N) is 1. The third kappa shape index (κ3) is 3.84. The standard InChI is InChI=1S/C16H21ClN2O/c1-11-6-5-7-12(15(11)17)13-10-18-14(20-13)8-9-19-16(2,3)4/h5-7,10,19H,8-9H2,1-4H3. The lowest BCUT2D eigenvalue weighted by molar-refractivity contribution is 0.412. The van der Waals surface area contributed by atoms with Gasteiger partial charge in [0, 0.05) is 24.1 Å². The maximum Gasteiger partial charge on any atom is 0.196 e. The molecule has 0 amide bonds. The maximum atomic E-state index is 6.30. The van der Waals surface area contributed by atoms with Gasteiger partial charge in [0.2, 0.25) is 0 Å². The number of halogens is 1. The highest BCUT2D eigenvalue weighted by atomic mass is 35.5. The van der Waals surface area contributed by atoms with Crippen molar-refractivity contribution in [2.75, 3.05) is 6.54 Å². The van der Waals surface area contributed by atoms with Crippen LogP contribution in [0.4, 0.5) is 0 Å². The van der Waals surface area contributed by atoms with Gasteiger partial charge in [-0.15, -0.1) is 0 Å². The Morgan fingerprint density at radius 2 is 2.05 bits per heavy atom. The van der Waals surface area contributed by atoms with Gasteiger partial charge in [0.25, 0.3) is 0 Å². The van der Waals surface area contributed by atoms with Gasteiger partial charge in [0.15, 0.2) is 11.7 Å². The van der Waals surface area contributed by atoms with Crippen LogP contribution in [0.15, 0.2) is 28.8 Å². The van der Waals surface area contributed by atoms with Crippen molar-refractivity contribution in [1.29, 1.82) is 0 Å². The van der Waals surface area contributed by atoms with Crippen LogP contribution in [0.25, 0.3) is 11.3 Å². The highest BCUT2D eigenvalue weighted by Gasteiger charge is 2.12. The summed E-state index contributed by atoms with van der Waals surface area (Å²) in [6, 6.07) is 5.91. The molecule has 0 saturated carbocycles. The molecule has 0 saturated heterocycles. The minimum Gasteiger partial charge on any atom is -0.441 e. The Kier molecular flexibility index (Phi) is 4.51. The van der Waals surface area contributed by atoms with Crippen molar-refractivity contribution in [1.82, 2.24) is 10.3 Å². The molecule has 0 aliphatic heterocycles. The summed E-state index contributed by atoms with van der Waals surface area (Å²) in [5.74, 6) is 1.46. The smallest absolute Gasteiger partial charge is 0.196 e. The van der Waals surface area contributed by atoms with Gasteiger partial charge in [0.05, 0.1) is 11.2 Å². The highest BCUT2D eigenvalue weighted by molar-refractivity contribution is 6.33. The van der Waals surface area contributed by atoms with Crippen LogP contribution in [-0.2, 0) is 6.42 Å². The van der Waals surface area contributed by atoms with Gasteiger partial charge < -0.3 is 9.73 Å². The zero-order chi connectivity index (χ0) is 14.8. The number of benzene rings is 1. The van der Waals surface area contributed by atoms with Gasteiger partial charge >= 0.3 is 0 Å². The summed E-state index contributed by atoms with van der Waals surface area (Å²) in [7, 11) is 0. The Morgan fingerprint density at radius 1 is 1.30 bits per heavy atom. The first kappa shape index (κ1) is 15.1. The van der Waals surface area contributed by atoms with E-state index in [-0.39, 0.29) is 5.54 Å². The number of oxazole rings is 1. The van der Waals surface area contributed by atoms with Crippen LogP contribution >= 0.6 is 11.6 Å². The third-order valence-corrected chi connectivity index (χ3v) is 3.51. The average molecular weight is 293 g/mol. The molecule has 0 fully saturated rings. The summed E-state index contributed by atoms with van der Waals surface area (Å²) < 4.78 is 5.78. The Morgan fingerprint density at radius 3 is 2.75 bits per heavy atom. The van der Waals surface area contributed by atoms with E-state index >= 15 is 0 Å². The summed E-state index contributed by atoms with van der Waals surface area (Å²) >= 11 is 6.30. The summed E-state index contributed by atoms with van der Waals surface area (Å²) in [6.45, 7) is 9.24. The van der Waals surface area contributed by atoms with Crippen molar-refractivity contribution < 1.29 is 4.42 Å². The molecule has 3 nitrogen and oxygen atoms in total. The summed E-state index contributed by atoms with van der Waals surface area (Å²) in [6.07, 6.45) is 2.51. The molecular weight excluding hydrogens is 272 g/mol. The van der Waals surface area contributed by atoms with Crippen molar-refractivity contribution in [3.8, 4) is 11.3 Å². The minimum atomic E-state index is 0.106. The predicted molar refractivity (Wildman–Crippen MR) is 83.1 cm³/mol. The van der Waals surface area contributed by atoms with Gasteiger partial charge in [-0.2, -0.15) is 0 Å². The molecule has 0 bridgehead atoms. The lowest BCUT2D eigenvalue weighted by Crippen LogP contribution is -2.37. The zero-order valence-electron chi connectivity index (χ0n) is 12.5. The number of hydrogen-bond acceptors (Lipinski definition) is 3. The van der Waals surface area contributed by atoms with Crippen LogP contribution in [0.3, 0.4) is 0 Å². The highest BCUT2D eigenvalue weighted by Crippen LogP contribution is 2.30. The van der Waals surface area contributed by atoms with Crippen LogP contribution in [-0.4, -0.2) is 17.1 Å². The fraction of sp³-hybridized carbons (Fsp3) is 0.438. The Hall–Kier alpha value is -1.32. The van der Waals surface area contributed by atoms with Crippen molar-refractivity contribution in [2.45, 2.75) is 39.7 Å². The van der Waals surface area contributed by atoms with Gasteiger partial charge in [-0.25, -0.2) is 4.98 Å². The van der Waals surface area contributed by atoms with E-state index in [9.17, 15) is 0 Å². The van der Waals surface area contributed by atoms with E-state index in [2.05, 4.69) is 31.1 Å². The molecule has 0 radical (unpaired) electrons. The molecule has 20 heavy (non-hydrogen) atoms. The molecule has 1 heterocycles. The summed E-state index contributed by atoms with van der Waals surface area (Å²) in [4.78, 5) is 4.32. The summed E-state index contributed by atoms with van der Waals surface area (Å²) in [5, 5.41) is 4.14. The molecular formula is C16H21ClN2O. The molecule has 0 unspecified atom stereocenters. The molecule has 0 spiro atoms. The first-order valence-electron chi connectivity index (χ1n) is 6.82. The lowest BCUT2D eigenvalue weighted by atomic mass is 10.1. The quantitative estimate of drug-likeness (QED) is 0.916. The normalized spacial score (nSPS) is 11.8. The zero-order valence-corrected chi connectivity index (χ0v) is 13.2. The number of rotatable bonds is 4. The number of aryl methyl sites for hydroxylation is 1. The van der Waals surface area contributed by atoms with Crippen LogP contribution in [0.5, 0.6) is 0 Å². The largest absolute Gasteiger partial charge is 0.441 e. The molecule has 0 aliphatic rings. The van der Waals surface area contributed by atoms with E-state index in [1.54, 1.807) is 6.20 Å². The van der Waals surface area contributed by atoms with E-state index in [1.807, 2.05) is 25.1 Å². The molecule has 0 atom stereocenters. The van der Waals surface area contributed by atoms with Gasteiger partial charge in [-0.3, -0.25) is 0 Å². The fourth-order valence-corrected chi connectivity index (χ4v) is 2.15. The van der Waals surface area contributed by atoms with Crippen molar-refractivity contribution in [3.63, 3.8) is 0 Å². The van der Waals surface area contributed by atoms with E-state index in [0.717, 1.165) is 40.8 Å². The monoisotopic (exact) mass is 292 g/mol. The maximum absolute atomic E-state index is 6.30. The minimum absolute atomic E-state index is 0.106.